The third-order valence-corrected chi connectivity index (χ3v) is 7.66. The van der Waals surface area contributed by atoms with Crippen molar-refractivity contribution in [1.82, 2.24) is 15.8 Å². The molecule has 6 nitrogen and oxygen atoms in total. The van der Waals surface area contributed by atoms with E-state index in [0.717, 1.165) is 38.2 Å². The van der Waals surface area contributed by atoms with Crippen LogP contribution in [0.25, 0.3) is 0 Å². The van der Waals surface area contributed by atoms with Gasteiger partial charge in [0.15, 0.2) is 5.69 Å². The molecule has 0 aliphatic heterocycles. The van der Waals surface area contributed by atoms with E-state index in [0.29, 0.717) is 11.3 Å². The number of aliphatic hydroxyl groups excluding tert-OH is 1. The standard InChI is InChI=1S/C31H39F2N3O3/c1-20-13-27(36-39-20)29(38)35-26(16-21-14-24(32)18-25(33)15-21)28(37)19-34-31(11-6-5-7-12-31)23-10-8-9-22(17-23)30(2,3)4/h8-10,13-15,17-18,26,28,34,37H,5-7,11-12,16,19H2,1-4H3,(H,35,38). The molecule has 2 aromatic carbocycles. The molecule has 210 valence electrons. The number of nitrogens with one attached hydrogen (secondary N) is 2. The Morgan fingerprint density at radius 2 is 1.77 bits per heavy atom. The second kappa shape index (κ2) is 12.0. The van der Waals surface area contributed by atoms with E-state index >= 15 is 0 Å². The highest BCUT2D eigenvalue weighted by atomic mass is 19.1. The van der Waals surface area contributed by atoms with Crippen molar-refractivity contribution in [3.8, 4) is 0 Å². The molecule has 0 radical (unpaired) electrons. The number of nitrogens with zero attached hydrogens (tertiary/aromatic N) is 1. The minimum absolute atomic E-state index is 0.000459. The Kier molecular flexibility index (Phi) is 8.86. The minimum atomic E-state index is -1.04. The first-order valence-electron chi connectivity index (χ1n) is 13.7. The van der Waals surface area contributed by atoms with E-state index in [1.165, 1.54) is 29.3 Å². The van der Waals surface area contributed by atoms with Crippen molar-refractivity contribution in [3.05, 3.63) is 88.3 Å². The Morgan fingerprint density at radius 3 is 2.38 bits per heavy atom. The first-order valence-corrected chi connectivity index (χ1v) is 13.7. The Hall–Kier alpha value is -3.10. The first-order chi connectivity index (χ1) is 18.4. The highest BCUT2D eigenvalue weighted by molar-refractivity contribution is 5.92. The van der Waals surface area contributed by atoms with Gasteiger partial charge in [0, 0.05) is 24.2 Å². The molecule has 1 aliphatic carbocycles. The third kappa shape index (κ3) is 7.31. The molecule has 0 bridgehead atoms. The van der Waals surface area contributed by atoms with Crippen molar-refractivity contribution >= 4 is 5.91 Å². The van der Waals surface area contributed by atoms with Crippen molar-refractivity contribution in [2.75, 3.05) is 6.54 Å². The maximum absolute atomic E-state index is 13.9. The normalized spacial score (nSPS) is 17.0. The fourth-order valence-electron chi connectivity index (χ4n) is 5.43. The number of carbonyl (C=O) groups excluding carboxylic acids is 1. The van der Waals surface area contributed by atoms with Crippen molar-refractivity contribution < 1.29 is 23.2 Å². The van der Waals surface area contributed by atoms with Crippen LogP contribution in [0.15, 0.2) is 53.1 Å². The van der Waals surface area contributed by atoms with E-state index in [-0.39, 0.29) is 29.6 Å². The maximum Gasteiger partial charge on any atom is 0.273 e. The summed E-state index contributed by atoms with van der Waals surface area (Å²) in [7, 11) is 0. The van der Waals surface area contributed by atoms with Crippen LogP contribution < -0.4 is 10.6 Å². The number of aryl methyl sites for hydroxylation is 1. The summed E-state index contributed by atoms with van der Waals surface area (Å²) >= 11 is 0. The molecule has 1 aromatic heterocycles. The molecule has 4 rings (SSSR count). The fraction of sp³-hybridized carbons (Fsp3) is 0.484. The summed E-state index contributed by atoms with van der Waals surface area (Å²) in [6.45, 7) is 8.43. The molecular weight excluding hydrogens is 500 g/mol. The average molecular weight is 540 g/mol. The molecule has 1 saturated carbocycles. The monoisotopic (exact) mass is 539 g/mol. The van der Waals surface area contributed by atoms with Crippen LogP contribution in [-0.2, 0) is 17.4 Å². The average Bonchev–Trinajstić information content (AvgIpc) is 3.33. The molecule has 8 heteroatoms. The molecule has 1 aliphatic rings. The number of benzene rings is 2. The lowest BCUT2D eigenvalue weighted by atomic mass is 9.74. The van der Waals surface area contributed by atoms with Gasteiger partial charge in [0.05, 0.1) is 12.1 Å². The van der Waals surface area contributed by atoms with Gasteiger partial charge < -0.3 is 20.3 Å². The van der Waals surface area contributed by atoms with Crippen LogP contribution in [0, 0.1) is 18.6 Å². The van der Waals surface area contributed by atoms with Gasteiger partial charge in [-0.2, -0.15) is 0 Å². The van der Waals surface area contributed by atoms with E-state index < -0.39 is 29.7 Å². The van der Waals surface area contributed by atoms with Crippen LogP contribution >= 0.6 is 0 Å². The second-order valence-corrected chi connectivity index (χ2v) is 11.8. The summed E-state index contributed by atoms with van der Waals surface area (Å²) in [6.07, 6.45) is 4.14. The van der Waals surface area contributed by atoms with Gasteiger partial charge in [-0.1, -0.05) is 69.5 Å². The SMILES string of the molecule is Cc1cc(C(=O)NC(Cc2cc(F)cc(F)c2)C(O)CNC2(c3cccc(C(C)(C)C)c3)CCCCC2)no1. The van der Waals surface area contributed by atoms with Crippen molar-refractivity contribution in [2.24, 2.45) is 0 Å². The smallest absolute Gasteiger partial charge is 0.273 e. The number of hydrogen-bond acceptors (Lipinski definition) is 5. The van der Waals surface area contributed by atoms with E-state index in [9.17, 15) is 18.7 Å². The van der Waals surface area contributed by atoms with Crippen LogP contribution in [0.1, 0.15) is 85.8 Å². The van der Waals surface area contributed by atoms with E-state index in [2.05, 4.69) is 60.8 Å². The predicted octanol–water partition coefficient (Wildman–Crippen LogP) is 5.71. The summed E-state index contributed by atoms with van der Waals surface area (Å²) in [5.41, 5.74) is 2.52. The lowest BCUT2D eigenvalue weighted by Crippen LogP contribution is -2.53. The number of rotatable bonds is 9. The quantitative estimate of drug-likeness (QED) is 0.324. The van der Waals surface area contributed by atoms with Gasteiger partial charge in [0.1, 0.15) is 17.4 Å². The lowest BCUT2D eigenvalue weighted by molar-refractivity contribution is 0.0781. The van der Waals surface area contributed by atoms with Crippen LogP contribution in [-0.4, -0.2) is 34.9 Å². The summed E-state index contributed by atoms with van der Waals surface area (Å²) in [5, 5.41) is 21.6. The van der Waals surface area contributed by atoms with E-state index in [1.54, 1.807) is 6.92 Å². The van der Waals surface area contributed by atoms with Crippen molar-refractivity contribution in [3.63, 3.8) is 0 Å². The van der Waals surface area contributed by atoms with Gasteiger partial charge >= 0.3 is 0 Å². The zero-order valence-corrected chi connectivity index (χ0v) is 23.2. The molecule has 39 heavy (non-hydrogen) atoms. The first kappa shape index (κ1) is 28.9. The third-order valence-electron chi connectivity index (χ3n) is 7.66. The largest absolute Gasteiger partial charge is 0.390 e. The van der Waals surface area contributed by atoms with Crippen LogP contribution in [0.5, 0.6) is 0 Å². The van der Waals surface area contributed by atoms with Crippen LogP contribution in [0.3, 0.4) is 0 Å². The minimum Gasteiger partial charge on any atom is -0.390 e. The molecule has 1 heterocycles. The Balaban J connectivity index is 1.57. The summed E-state index contributed by atoms with van der Waals surface area (Å²) in [6, 6.07) is 12.5. The highest BCUT2D eigenvalue weighted by Crippen LogP contribution is 2.38. The summed E-state index contributed by atoms with van der Waals surface area (Å²) in [5.74, 6) is -1.48. The van der Waals surface area contributed by atoms with Gasteiger partial charge in [-0.15, -0.1) is 0 Å². The zero-order chi connectivity index (χ0) is 28.2. The Labute approximate surface area is 229 Å². The molecular formula is C31H39F2N3O3. The molecule has 2 atom stereocenters. The number of aliphatic hydroxyl groups is 1. The number of hydrogen-bond donors (Lipinski definition) is 3. The number of carbonyl (C=O) groups is 1. The number of halogens is 2. The van der Waals surface area contributed by atoms with Crippen molar-refractivity contribution in [1.29, 1.82) is 0 Å². The molecule has 2 unspecified atom stereocenters. The summed E-state index contributed by atoms with van der Waals surface area (Å²) in [4.78, 5) is 12.9. The van der Waals surface area contributed by atoms with Gasteiger partial charge in [0.25, 0.3) is 5.91 Å². The van der Waals surface area contributed by atoms with Crippen molar-refractivity contribution in [2.45, 2.75) is 89.3 Å². The predicted molar refractivity (Wildman–Crippen MR) is 146 cm³/mol. The van der Waals surface area contributed by atoms with E-state index in [4.69, 9.17) is 4.52 Å². The molecule has 0 spiro atoms. The maximum atomic E-state index is 13.9. The van der Waals surface area contributed by atoms with Crippen LogP contribution in [0.2, 0.25) is 0 Å². The van der Waals surface area contributed by atoms with Gasteiger partial charge in [0.2, 0.25) is 0 Å². The Morgan fingerprint density at radius 1 is 1.08 bits per heavy atom. The molecule has 3 aromatic rings. The number of aromatic nitrogens is 1. The summed E-state index contributed by atoms with van der Waals surface area (Å²) < 4.78 is 32.9. The van der Waals surface area contributed by atoms with Gasteiger partial charge in [-0.25, -0.2) is 8.78 Å². The lowest BCUT2D eigenvalue weighted by Gasteiger charge is -2.41. The fourth-order valence-corrected chi connectivity index (χ4v) is 5.43. The van der Waals surface area contributed by atoms with Gasteiger partial charge in [-0.3, -0.25) is 4.79 Å². The molecule has 1 fully saturated rings. The molecule has 0 saturated heterocycles. The van der Waals surface area contributed by atoms with Crippen LogP contribution in [0.4, 0.5) is 8.78 Å². The number of amides is 1. The topological polar surface area (TPSA) is 87.4 Å². The Bertz CT molecular complexity index is 1260. The second-order valence-electron chi connectivity index (χ2n) is 11.8. The van der Waals surface area contributed by atoms with E-state index in [1.807, 2.05) is 0 Å². The zero-order valence-electron chi connectivity index (χ0n) is 23.2. The van der Waals surface area contributed by atoms with Gasteiger partial charge in [-0.05, 0) is 60.4 Å². The highest BCUT2D eigenvalue weighted by Gasteiger charge is 2.35. The molecule has 3 N–H and O–H groups in total. The molecule has 1 amide bonds.